The first-order valence-electron chi connectivity index (χ1n) is 7.69. The van der Waals surface area contributed by atoms with Gasteiger partial charge in [-0.1, -0.05) is 36.4 Å². The number of aliphatic hydroxyl groups excluding tert-OH is 1. The number of carbonyl (C=O) groups is 1. The number of hydrogen-bond acceptors (Lipinski definition) is 2. The van der Waals surface area contributed by atoms with Gasteiger partial charge in [0.15, 0.2) is 0 Å². The molecular formula is C18H19NO2. The number of carbonyl (C=O) groups excluding carboxylic acids is 1. The molecule has 2 aromatic rings. The zero-order valence-corrected chi connectivity index (χ0v) is 11.9. The third kappa shape index (κ3) is 2.04. The van der Waals surface area contributed by atoms with Crippen LogP contribution in [0.25, 0.3) is 10.8 Å². The molecule has 3 unspecified atom stereocenters. The van der Waals surface area contributed by atoms with Crippen molar-refractivity contribution in [1.82, 2.24) is 4.90 Å². The topological polar surface area (TPSA) is 40.5 Å². The lowest BCUT2D eigenvalue weighted by molar-refractivity contribution is 0.0754. The van der Waals surface area contributed by atoms with Gasteiger partial charge >= 0.3 is 0 Å². The standard InChI is InChI=1S/C18H19NO2/c20-17-9-8-13-10-19(11-16(13)17)18(21)15-7-3-5-12-4-1-2-6-14(12)15/h1-7,13,16-17,20H,8-11H2. The van der Waals surface area contributed by atoms with Gasteiger partial charge in [0.25, 0.3) is 5.91 Å². The third-order valence-corrected chi connectivity index (χ3v) is 5.13. The number of hydrogen-bond donors (Lipinski definition) is 1. The molecule has 4 rings (SSSR count). The van der Waals surface area contributed by atoms with Gasteiger partial charge in [0.1, 0.15) is 0 Å². The first-order chi connectivity index (χ1) is 10.2. The van der Waals surface area contributed by atoms with E-state index in [1.54, 1.807) is 0 Å². The summed E-state index contributed by atoms with van der Waals surface area (Å²) < 4.78 is 0. The number of fused-ring (bicyclic) bond motifs is 2. The number of nitrogens with zero attached hydrogens (tertiary/aromatic N) is 1. The number of benzene rings is 2. The molecular weight excluding hydrogens is 262 g/mol. The van der Waals surface area contributed by atoms with E-state index >= 15 is 0 Å². The van der Waals surface area contributed by atoms with Crippen molar-refractivity contribution in [3.63, 3.8) is 0 Å². The van der Waals surface area contributed by atoms with Gasteiger partial charge in [-0.15, -0.1) is 0 Å². The Morgan fingerprint density at radius 2 is 1.86 bits per heavy atom. The van der Waals surface area contributed by atoms with E-state index in [2.05, 4.69) is 0 Å². The molecule has 3 heteroatoms. The third-order valence-electron chi connectivity index (χ3n) is 5.13. The van der Waals surface area contributed by atoms with E-state index < -0.39 is 0 Å². The Kier molecular flexibility index (Phi) is 2.96. The minimum atomic E-state index is -0.222. The summed E-state index contributed by atoms with van der Waals surface area (Å²) in [7, 11) is 0. The molecule has 3 atom stereocenters. The van der Waals surface area contributed by atoms with Gasteiger partial charge in [-0.25, -0.2) is 0 Å². The fourth-order valence-corrected chi connectivity index (χ4v) is 3.98. The quantitative estimate of drug-likeness (QED) is 0.873. The van der Waals surface area contributed by atoms with E-state index in [1.165, 1.54) is 0 Å². The smallest absolute Gasteiger partial charge is 0.254 e. The van der Waals surface area contributed by atoms with Crippen LogP contribution in [0.3, 0.4) is 0 Å². The van der Waals surface area contributed by atoms with Crippen molar-refractivity contribution in [2.75, 3.05) is 13.1 Å². The largest absolute Gasteiger partial charge is 0.393 e. The summed E-state index contributed by atoms with van der Waals surface area (Å²) in [6, 6.07) is 13.9. The molecule has 2 fully saturated rings. The van der Waals surface area contributed by atoms with Crippen LogP contribution < -0.4 is 0 Å². The Bertz CT molecular complexity index is 691. The van der Waals surface area contributed by atoms with Gasteiger partial charge in [-0.2, -0.15) is 0 Å². The summed E-state index contributed by atoms with van der Waals surface area (Å²) in [5, 5.41) is 12.1. The Morgan fingerprint density at radius 1 is 1.05 bits per heavy atom. The molecule has 21 heavy (non-hydrogen) atoms. The van der Waals surface area contributed by atoms with Crippen LogP contribution in [0, 0.1) is 11.8 Å². The summed E-state index contributed by atoms with van der Waals surface area (Å²) in [5.74, 6) is 0.872. The summed E-state index contributed by atoms with van der Waals surface area (Å²) in [6.45, 7) is 1.50. The van der Waals surface area contributed by atoms with Crippen LogP contribution in [0.4, 0.5) is 0 Å². The molecule has 3 nitrogen and oxygen atoms in total. The van der Waals surface area contributed by atoms with E-state index in [9.17, 15) is 9.90 Å². The van der Waals surface area contributed by atoms with Crippen LogP contribution in [0.2, 0.25) is 0 Å². The van der Waals surface area contributed by atoms with Gasteiger partial charge in [-0.05, 0) is 35.6 Å². The maximum Gasteiger partial charge on any atom is 0.254 e. The van der Waals surface area contributed by atoms with E-state index in [-0.39, 0.29) is 17.9 Å². The second kappa shape index (κ2) is 4.85. The molecule has 108 valence electrons. The summed E-state index contributed by atoms with van der Waals surface area (Å²) in [5.41, 5.74) is 0.780. The second-order valence-electron chi connectivity index (χ2n) is 6.31. The molecule has 2 aliphatic rings. The van der Waals surface area contributed by atoms with Crippen molar-refractivity contribution >= 4 is 16.7 Å². The zero-order valence-electron chi connectivity index (χ0n) is 11.9. The minimum Gasteiger partial charge on any atom is -0.393 e. The normalized spacial score (nSPS) is 28.0. The fraction of sp³-hybridized carbons (Fsp3) is 0.389. The lowest BCUT2D eigenvalue weighted by atomic mass is 10.00. The highest BCUT2D eigenvalue weighted by Crippen LogP contribution is 2.38. The Balaban J connectivity index is 1.66. The van der Waals surface area contributed by atoms with Gasteiger partial charge in [0.2, 0.25) is 0 Å². The monoisotopic (exact) mass is 281 g/mol. The van der Waals surface area contributed by atoms with Gasteiger partial charge < -0.3 is 10.0 Å². The first kappa shape index (κ1) is 12.8. The highest BCUT2D eigenvalue weighted by Gasteiger charge is 2.43. The SMILES string of the molecule is O=C(c1cccc2ccccc12)N1CC2CCC(O)C2C1. The number of likely N-dealkylation sites (tertiary alicyclic amines) is 1. The first-order valence-corrected chi connectivity index (χ1v) is 7.69. The van der Waals surface area contributed by atoms with Crippen LogP contribution in [0.5, 0.6) is 0 Å². The predicted molar refractivity (Wildman–Crippen MR) is 82.1 cm³/mol. The van der Waals surface area contributed by atoms with Crippen LogP contribution in [-0.2, 0) is 0 Å². The van der Waals surface area contributed by atoms with Crippen molar-refractivity contribution in [2.24, 2.45) is 11.8 Å². The van der Waals surface area contributed by atoms with Crippen molar-refractivity contribution < 1.29 is 9.90 Å². The number of amides is 1. The van der Waals surface area contributed by atoms with E-state index in [4.69, 9.17) is 0 Å². The molecule has 0 spiro atoms. The molecule has 1 N–H and O–H groups in total. The van der Waals surface area contributed by atoms with E-state index in [0.29, 0.717) is 12.5 Å². The minimum absolute atomic E-state index is 0.105. The van der Waals surface area contributed by atoms with Crippen LogP contribution in [0.15, 0.2) is 42.5 Å². The van der Waals surface area contributed by atoms with Crippen molar-refractivity contribution in [1.29, 1.82) is 0 Å². The fourth-order valence-electron chi connectivity index (χ4n) is 3.98. The summed E-state index contributed by atoms with van der Waals surface area (Å²) >= 11 is 0. The lowest BCUT2D eigenvalue weighted by Crippen LogP contribution is -2.31. The molecule has 1 aliphatic heterocycles. The average Bonchev–Trinajstić information content (AvgIpc) is 3.08. The maximum absolute atomic E-state index is 12.8. The average molecular weight is 281 g/mol. The van der Waals surface area contributed by atoms with Gasteiger partial charge in [0, 0.05) is 24.6 Å². The molecule has 1 saturated carbocycles. The van der Waals surface area contributed by atoms with Crippen molar-refractivity contribution in [3.05, 3.63) is 48.0 Å². The van der Waals surface area contributed by atoms with E-state index in [1.807, 2.05) is 47.4 Å². The molecule has 2 aromatic carbocycles. The molecule has 0 radical (unpaired) electrons. The Morgan fingerprint density at radius 3 is 2.71 bits per heavy atom. The highest BCUT2D eigenvalue weighted by atomic mass is 16.3. The highest BCUT2D eigenvalue weighted by molar-refractivity contribution is 6.07. The molecule has 0 aromatic heterocycles. The molecule has 1 heterocycles. The molecule has 1 aliphatic carbocycles. The van der Waals surface area contributed by atoms with Crippen molar-refractivity contribution in [2.45, 2.75) is 18.9 Å². The predicted octanol–water partition coefficient (Wildman–Crippen LogP) is 2.68. The number of rotatable bonds is 1. The maximum atomic E-state index is 12.8. The Hall–Kier alpha value is -1.87. The van der Waals surface area contributed by atoms with Crippen LogP contribution >= 0.6 is 0 Å². The van der Waals surface area contributed by atoms with Gasteiger partial charge in [0.05, 0.1) is 6.10 Å². The van der Waals surface area contributed by atoms with Crippen LogP contribution in [-0.4, -0.2) is 35.1 Å². The molecule has 0 bridgehead atoms. The summed E-state index contributed by atoms with van der Waals surface area (Å²) in [6.07, 6.45) is 1.72. The molecule has 1 amide bonds. The molecule has 1 saturated heterocycles. The Labute approximate surface area is 124 Å². The zero-order chi connectivity index (χ0) is 14.4. The number of aliphatic hydroxyl groups is 1. The lowest BCUT2D eigenvalue weighted by Gasteiger charge is -2.19. The van der Waals surface area contributed by atoms with Gasteiger partial charge in [-0.3, -0.25) is 4.79 Å². The van der Waals surface area contributed by atoms with E-state index in [0.717, 1.165) is 35.7 Å². The summed E-state index contributed by atoms with van der Waals surface area (Å²) in [4.78, 5) is 14.8. The second-order valence-corrected chi connectivity index (χ2v) is 6.31. The van der Waals surface area contributed by atoms with Crippen molar-refractivity contribution in [3.8, 4) is 0 Å². The van der Waals surface area contributed by atoms with Crippen LogP contribution in [0.1, 0.15) is 23.2 Å².